The van der Waals surface area contributed by atoms with E-state index in [0.717, 1.165) is 41.2 Å². The van der Waals surface area contributed by atoms with Gasteiger partial charge in [-0.05, 0) is 38.3 Å². The van der Waals surface area contributed by atoms with E-state index in [1.807, 2.05) is 24.9 Å². The quantitative estimate of drug-likeness (QED) is 0.672. The number of hydrogen-bond acceptors (Lipinski definition) is 5. The number of halogens is 1. The fourth-order valence-corrected chi connectivity index (χ4v) is 3.87. The van der Waals surface area contributed by atoms with Crippen molar-refractivity contribution in [3.8, 4) is 11.3 Å². The van der Waals surface area contributed by atoms with Crippen LogP contribution in [0.15, 0.2) is 41.2 Å². The number of amides is 1. The zero-order valence-corrected chi connectivity index (χ0v) is 16.6. The highest BCUT2D eigenvalue weighted by Gasteiger charge is 2.25. The second-order valence-electron chi connectivity index (χ2n) is 7.45. The van der Waals surface area contributed by atoms with E-state index in [-0.39, 0.29) is 24.1 Å². The Labute approximate surface area is 168 Å². The SMILES string of the molecule is Cc1noc(C)c1-c1cnc(C2CCN(C(=O)Cc3ccccc3F)CC2)cn1. The predicted octanol–water partition coefficient (Wildman–Crippen LogP) is 3.84. The molecular formula is C22H23FN4O2. The number of rotatable bonds is 4. The van der Waals surface area contributed by atoms with Gasteiger partial charge < -0.3 is 9.42 Å². The van der Waals surface area contributed by atoms with E-state index in [1.165, 1.54) is 6.07 Å². The molecule has 0 radical (unpaired) electrons. The molecule has 0 atom stereocenters. The van der Waals surface area contributed by atoms with Crippen molar-refractivity contribution in [2.75, 3.05) is 13.1 Å². The maximum atomic E-state index is 13.8. The number of piperidine rings is 1. The highest BCUT2D eigenvalue weighted by molar-refractivity contribution is 5.79. The molecule has 2 aromatic heterocycles. The van der Waals surface area contributed by atoms with E-state index < -0.39 is 0 Å². The summed E-state index contributed by atoms with van der Waals surface area (Å²) in [6, 6.07) is 6.44. The second-order valence-corrected chi connectivity index (χ2v) is 7.45. The Morgan fingerprint density at radius 3 is 2.55 bits per heavy atom. The molecule has 150 valence electrons. The third-order valence-electron chi connectivity index (χ3n) is 5.53. The van der Waals surface area contributed by atoms with Gasteiger partial charge in [-0.15, -0.1) is 0 Å². The topological polar surface area (TPSA) is 72.1 Å². The molecule has 1 fully saturated rings. The summed E-state index contributed by atoms with van der Waals surface area (Å²) in [5.41, 5.74) is 3.81. The van der Waals surface area contributed by atoms with E-state index >= 15 is 0 Å². The summed E-state index contributed by atoms with van der Waals surface area (Å²) < 4.78 is 19.0. The average Bonchev–Trinajstić information content (AvgIpc) is 3.08. The molecule has 29 heavy (non-hydrogen) atoms. The van der Waals surface area contributed by atoms with Crippen molar-refractivity contribution in [2.24, 2.45) is 0 Å². The summed E-state index contributed by atoms with van der Waals surface area (Å²) >= 11 is 0. The van der Waals surface area contributed by atoms with Crippen LogP contribution in [0.3, 0.4) is 0 Å². The molecule has 0 saturated carbocycles. The lowest BCUT2D eigenvalue weighted by Gasteiger charge is -2.31. The Kier molecular flexibility index (Phi) is 5.38. The first-order chi connectivity index (χ1) is 14.0. The largest absolute Gasteiger partial charge is 0.361 e. The first-order valence-electron chi connectivity index (χ1n) is 9.79. The summed E-state index contributed by atoms with van der Waals surface area (Å²) in [5, 5.41) is 3.96. The minimum atomic E-state index is -0.329. The van der Waals surface area contributed by atoms with Crippen LogP contribution >= 0.6 is 0 Å². The Morgan fingerprint density at radius 2 is 1.93 bits per heavy atom. The van der Waals surface area contributed by atoms with Crippen LogP contribution in [0, 0.1) is 19.7 Å². The monoisotopic (exact) mass is 394 g/mol. The molecule has 1 aliphatic rings. The number of hydrogen-bond donors (Lipinski definition) is 0. The highest BCUT2D eigenvalue weighted by atomic mass is 19.1. The molecule has 0 N–H and O–H groups in total. The van der Waals surface area contributed by atoms with E-state index in [2.05, 4.69) is 15.1 Å². The van der Waals surface area contributed by atoms with E-state index in [0.29, 0.717) is 18.7 Å². The third-order valence-corrected chi connectivity index (χ3v) is 5.53. The fraction of sp³-hybridized carbons (Fsp3) is 0.364. The Morgan fingerprint density at radius 1 is 1.17 bits per heavy atom. The van der Waals surface area contributed by atoms with Gasteiger partial charge >= 0.3 is 0 Å². The second kappa shape index (κ2) is 8.11. The molecule has 0 aliphatic carbocycles. The van der Waals surface area contributed by atoms with Crippen molar-refractivity contribution in [2.45, 2.75) is 39.0 Å². The molecule has 0 bridgehead atoms. The van der Waals surface area contributed by atoms with Crippen LogP contribution in [-0.2, 0) is 11.2 Å². The smallest absolute Gasteiger partial charge is 0.227 e. The summed E-state index contributed by atoms with van der Waals surface area (Å²) in [7, 11) is 0. The molecule has 6 nitrogen and oxygen atoms in total. The van der Waals surface area contributed by atoms with Crippen LogP contribution in [0.5, 0.6) is 0 Å². The summed E-state index contributed by atoms with van der Waals surface area (Å²) in [6.45, 7) is 5.03. The molecule has 7 heteroatoms. The van der Waals surface area contributed by atoms with Gasteiger partial charge in [0.05, 0.1) is 35.3 Å². The first-order valence-corrected chi connectivity index (χ1v) is 9.79. The number of aryl methyl sites for hydroxylation is 2. The van der Waals surface area contributed by atoms with Crippen LogP contribution in [0.4, 0.5) is 4.39 Å². The van der Waals surface area contributed by atoms with Crippen molar-refractivity contribution in [3.05, 3.63) is 65.2 Å². The maximum Gasteiger partial charge on any atom is 0.227 e. The molecule has 3 heterocycles. The van der Waals surface area contributed by atoms with Crippen LogP contribution < -0.4 is 0 Å². The zero-order valence-electron chi connectivity index (χ0n) is 16.6. The van der Waals surface area contributed by atoms with Crippen molar-refractivity contribution in [3.63, 3.8) is 0 Å². The van der Waals surface area contributed by atoms with Crippen LogP contribution in [0.25, 0.3) is 11.3 Å². The van der Waals surface area contributed by atoms with Gasteiger partial charge in [-0.25, -0.2) is 4.39 Å². The van der Waals surface area contributed by atoms with Gasteiger partial charge in [0.25, 0.3) is 0 Å². The third kappa shape index (κ3) is 4.04. The molecule has 1 aliphatic heterocycles. The number of benzene rings is 1. The molecule has 0 spiro atoms. The predicted molar refractivity (Wildman–Crippen MR) is 106 cm³/mol. The number of nitrogens with zero attached hydrogens (tertiary/aromatic N) is 4. The molecular weight excluding hydrogens is 371 g/mol. The van der Waals surface area contributed by atoms with Crippen molar-refractivity contribution in [1.29, 1.82) is 0 Å². The van der Waals surface area contributed by atoms with Crippen molar-refractivity contribution >= 4 is 5.91 Å². The highest BCUT2D eigenvalue weighted by Crippen LogP contribution is 2.29. The molecule has 3 aromatic rings. The van der Waals surface area contributed by atoms with Gasteiger partial charge in [-0.1, -0.05) is 23.4 Å². The number of carbonyl (C=O) groups excluding carboxylic acids is 1. The molecule has 4 rings (SSSR count). The van der Waals surface area contributed by atoms with E-state index in [9.17, 15) is 9.18 Å². The van der Waals surface area contributed by atoms with Crippen molar-refractivity contribution < 1.29 is 13.7 Å². The van der Waals surface area contributed by atoms with Crippen LogP contribution in [0.1, 0.15) is 41.5 Å². The van der Waals surface area contributed by atoms with Gasteiger partial charge in [0.15, 0.2) is 0 Å². The van der Waals surface area contributed by atoms with Gasteiger partial charge in [-0.3, -0.25) is 14.8 Å². The minimum absolute atomic E-state index is 0.0339. The molecule has 1 aromatic carbocycles. The van der Waals surface area contributed by atoms with E-state index in [4.69, 9.17) is 4.52 Å². The number of aromatic nitrogens is 3. The van der Waals surface area contributed by atoms with Gasteiger partial charge in [0, 0.05) is 25.2 Å². The minimum Gasteiger partial charge on any atom is -0.361 e. The fourth-order valence-electron chi connectivity index (χ4n) is 3.87. The maximum absolute atomic E-state index is 13.8. The van der Waals surface area contributed by atoms with Crippen molar-refractivity contribution in [1.82, 2.24) is 20.0 Å². The van der Waals surface area contributed by atoms with Gasteiger partial charge in [0.2, 0.25) is 5.91 Å². The Bertz CT molecular complexity index is 988. The van der Waals surface area contributed by atoms with Gasteiger partial charge in [0.1, 0.15) is 11.6 Å². The Balaban J connectivity index is 1.37. The summed E-state index contributed by atoms with van der Waals surface area (Å²) in [6.07, 6.45) is 5.31. The van der Waals surface area contributed by atoms with Crippen LogP contribution in [0.2, 0.25) is 0 Å². The molecule has 0 unspecified atom stereocenters. The zero-order chi connectivity index (χ0) is 20.4. The lowest BCUT2D eigenvalue weighted by Crippen LogP contribution is -2.39. The van der Waals surface area contributed by atoms with Crippen LogP contribution in [-0.4, -0.2) is 39.0 Å². The number of carbonyl (C=O) groups is 1. The summed E-state index contributed by atoms with van der Waals surface area (Å²) in [4.78, 5) is 23.5. The Hall–Kier alpha value is -3.09. The molecule has 1 amide bonds. The first kappa shape index (κ1) is 19.2. The number of likely N-dealkylation sites (tertiary alicyclic amines) is 1. The normalized spacial score (nSPS) is 14.9. The lowest BCUT2D eigenvalue weighted by atomic mass is 9.93. The average molecular weight is 394 g/mol. The molecule has 1 saturated heterocycles. The standard InChI is InChI=1S/C22H23FN4O2/c1-14-22(15(2)29-26-14)20-13-24-19(12-25-20)16-7-9-27(10-8-16)21(28)11-17-5-3-4-6-18(17)23/h3-6,12-13,16H,7-11H2,1-2H3. The lowest BCUT2D eigenvalue weighted by molar-refractivity contribution is -0.131. The summed E-state index contributed by atoms with van der Waals surface area (Å²) in [5.74, 6) is 0.628. The van der Waals surface area contributed by atoms with Gasteiger partial charge in [-0.2, -0.15) is 0 Å². The van der Waals surface area contributed by atoms with E-state index in [1.54, 1.807) is 24.4 Å².